The van der Waals surface area contributed by atoms with E-state index in [0.29, 0.717) is 19.2 Å². The number of rotatable bonds is 2. The molecule has 2 rings (SSSR count). The largest absolute Gasteiger partial charge is 0.243 e. The second-order valence-corrected chi connectivity index (χ2v) is 5.30. The molecule has 15 heavy (non-hydrogen) atoms. The SMILES string of the molecule is O=S(=O)(c1cc(F)cc(F)c1)N1CCC1. The summed E-state index contributed by atoms with van der Waals surface area (Å²) >= 11 is 0. The molecule has 1 saturated heterocycles. The van der Waals surface area contributed by atoms with Crippen LogP contribution in [-0.4, -0.2) is 25.8 Å². The number of sulfonamides is 1. The average Bonchev–Trinajstić information content (AvgIpc) is 1.97. The molecule has 0 aliphatic carbocycles. The van der Waals surface area contributed by atoms with Crippen LogP contribution in [0, 0.1) is 11.6 Å². The fraction of sp³-hybridized carbons (Fsp3) is 0.333. The van der Waals surface area contributed by atoms with Crippen LogP contribution in [0.15, 0.2) is 23.1 Å². The Morgan fingerprint density at radius 1 is 1.07 bits per heavy atom. The Labute approximate surface area is 86.4 Å². The zero-order valence-electron chi connectivity index (χ0n) is 7.78. The fourth-order valence-electron chi connectivity index (χ4n) is 1.35. The molecular weight excluding hydrogens is 224 g/mol. The lowest BCUT2D eigenvalue weighted by molar-refractivity contribution is 0.309. The van der Waals surface area contributed by atoms with Gasteiger partial charge >= 0.3 is 0 Å². The first-order valence-corrected chi connectivity index (χ1v) is 5.90. The van der Waals surface area contributed by atoms with Gasteiger partial charge in [-0.1, -0.05) is 0 Å². The smallest absolute Gasteiger partial charge is 0.207 e. The Bertz CT molecular complexity index is 463. The molecule has 3 nitrogen and oxygen atoms in total. The Balaban J connectivity index is 2.44. The highest BCUT2D eigenvalue weighted by atomic mass is 32.2. The third-order valence-electron chi connectivity index (χ3n) is 2.29. The van der Waals surface area contributed by atoms with E-state index in [1.165, 1.54) is 4.31 Å². The highest BCUT2D eigenvalue weighted by Gasteiger charge is 2.29. The van der Waals surface area contributed by atoms with E-state index in [1.54, 1.807) is 0 Å². The van der Waals surface area contributed by atoms with Crippen molar-refractivity contribution >= 4 is 10.0 Å². The Kier molecular flexibility index (Phi) is 2.47. The van der Waals surface area contributed by atoms with Gasteiger partial charge in [-0.25, -0.2) is 17.2 Å². The molecule has 1 heterocycles. The van der Waals surface area contributed by atoms with Crippen molar-refractivity contribution in [3.8, 4) is 0 Å². The van der Waals surface area contributed by atoms with Crippen LogP contribution < -0.4 is 0 Å². The van der Waals surface area contributed by atoms with Crippen molar-refractivity contribution < 1.29 is 17.2 Å². The van der Waals surface area contributed by atoms with Crippen molar-refractivity contribution in [2.45, 2.75) is 11.3 Å². The fourth-order valence-corrected chi connectivity index (χ4v) is 2.91. The van der Waals surface area contributed by atoms with E-state index in [1.807, 2.05) is 0 Å². The van der Waals surface area contributed by atoms with Gasteiger partial charge < -0.3 is 0 Å². The molecular formula is C9H9F2NO2S. The molecule has 1 aliphatic heterocycles. The van der Waals surface area contributed by atoms with Gasteiger partial charge in [-0.15, -0.1) is 0 Å². The number of hydrogen-bond donors (Lipinski definition) is 0. The van der Waals surface area contributed by atoms with Gasteiger partial charge in [0.15, 0.2) is 0 Å². The lowest BCUT2D eigenvalue weighted by Crippen LogP contribution is -2.41. The Morgan fingerprint density at radius 3 is 2.00 bits per heavy atom. The van der Waals surface area contributed by atoms with Crippen molar-refractivity contribution in [1.82, 2.24) is 4.31 Å². The lowest BCUT2D eigenvalue weighted by atomic mass is 10.3. The summed E-state index contributed by atoms with van der Waals surface area (Å²) in [5.74, 6) is -1.76. The maximum absolute atomic E-state index is 12.8. The molecule has 0 unspecified atom stereocenters. The summed E-state index contributed by atoms with van der Waals surface area (Å²) in [6.07, 6.45) is 0.789. The van der Waals surface area contributed by atoms with E-state index in [0.717, 1.165) is 18.6 Å². The van der Waals surface area contributed by atoms with E-state index in [9.17, 15) is 17.2 Å². The van der Waals surface area contributed by atoms with Gasteiger partial charge in [0, 0.05) is 19.2 Å². The third-order valence-corrected chi connectivity index (χ3v) is 4.17. The highest BCUT2D eigenvalue weighted by molar-refractivity contribution is 7.89. The number of benzene rings is 1. The number of hydrogen-bond acceptors (Lipinski definition) is 2. The van der Waals surface area contributed by atoms with E-state index >= 15 is 0 Å². The second kappa shape index (κ2) is 3.53. The summed E-state index contributed by atoms with van der Waals surface area (Å²) in [4.78, 5) is -0.320. The van der Waals surface area contributed by atoms with Crippen molar-refractivity contribution in [1.29, 1.82) is 0 Å². The van der Waals surface area contributed by atoms with Gasteiger partial charge in [-0.2, -0.15) is 4.31 Å². The van der Waals surface area contributed by atoms with Crippen LogP contribution in [0.2, 0.25) is 0 Å². The normalized spacial score (nSPS) is 17.5. The molecule has 82 valence electrons. The van der Waals surface area contributed by atoms with Crippen LogP contribution in [0.25, 0.3) is 0 Å². The zero-order chi connectivity index (χ0) is 11.1. The van der Waals surface area contributed by atoms with Gasteiger partial charge in [0.2, 0.25) is 10.0 Å². The van der Waals surface area contributed by atoms with Gasteiger partial charge in [0.1, 0.15) is 11.6 Å². The van der Waals surface area contributed by atoms with E-state index in [4.69, 9.17) is 0 Å². The van der Waals surface area contributed by atoms with Crippen LogP contribution in [0.3, 0.4) is 0 Å². The minimum atomic E-state index is -3.69. The molecule has 0 bridgehead atoms. The third kappa shape index (κ3) is 1.87. The standard InChI is InChI=1S/C9H9F2NO2S/c10-7-4-8(11)6-9(5-7)15(13,14)12-2-1-3-12/h4-6H,1-3H2. The predicted molar refractivity (Wildman–Crippen MR) is 49.7 cm³/mol. The first kappa shape index (κ1) is 10.5. The molecule has 0 aromatic heterocycles. The van der Waals surface area contributed by atoms with Crippen molar-refractivity contribution in [3.63, 3.8) is 0 Å². The maximum Gasteiger partial charge on any atom is 0.243 e. The van der Waals surface area contributed by atoms with Crippen molar-refractivity contribution in [3.05, 3.63) is 29.8 Å². The van der Waals surface area contributed by atoms with E-state index < -0.39 is 21.7 Å². The molecule has 0 atom stereocenters. The van der Waals surface area contributed by atoms with Gasteiger partial charge in [-0.05, 0) is 18.6 Å². The van der Waals surface area contributed by atoms with Crippen LogP contribution in [0.4, 0.5) is 8.78 Å². The molecule has 0 amide bonds. The molecule has 0 spiro atoms. The first-order valence-electron chi connectivity index (χ1n) is 4.46. The first-order chi connectivity index (χ1) is 7.00. The van der Waals surface area contributed by atoms with Crippen LogP contribution >= 0.6 is 0 Å². The molecule has 1 aliphatic rings. The summed E-state index contributed by atoms with van der Waals surface area (Å²) in [6, 6.07) is 2.31. The van der Waals surface area contributed by atoms with Gasteiger partial charge in [0.05, 0.1) is 4.90 Å². The Hall–Kier alpha value is -1.01. The molecule has 1 aromatic carbocycles. The zero-order valence-corrected chi connectivity index (χ0v) is 8.60. The van der Waals surface area contributed by atoms with Crippen LogP contribution in [0.1, 0.15) is 6.42 Å². The summed E-state index contributed by atoms with van der Waals surface area (Å²) < 4.78 is 50.3. The molecule has 0 N–H and O–H groups in total. The summed E-state index contributed by atoms with van der Waals surface area (Å²) in [7, 11) is -3.69. The van der Waals surface area contributed by atoms with Crippen LogP contribution in [0.5, 0.6) is 0 Å². The second-order valence-electron chi connectivity index (χ2n) is 3.36. The number of nitrogens with zero attached hydrogens (tertiary/aromatic N) is 1. The minimum absolute atomic E-state index is 0.320. The molecule has 1 aromatic rings. The highest BCUT2D eigenvalue weighted by Crippen LogP contribution is 2.22. The molecule has 6 heteroatoms. The topological polar surface area (TPSA) is 37.4 Å². The molecule has 0 saturated carbocycles. The Morgan fingerprint density at radius 2 is 1.60 bits per heavy atom. The van der Waals surface area contributed by atoms with Crippen molar-refractivity contribution in [2.75, 3.05) is 13.1 Å². The van der Waals surface area contributed by atoms with Gasteiger partial charge in [0.25, 0.3) is 0 Å². The molecule has 0 radical (unpaired) electrons. The quantitative estimate of drug-likeness (QED) is 0.773. The van der Waals surface area contributed by atoms with E-state index in [-0.39, 0.29) is 4.90 Å². The van der Waals surface area contributed by atoms with Gasteiger partial charge in [-0.3, -0.25) is 0 Å². The molecule has 1 fully saturated rings. The minimum Gasteiger partial charge on any atom is -0.207 e. The maximum atomic E-state index is 12.8. The van der Waals surface area contributed by atoms with E-state index in [2.05, 4.69) is 0 Å². The average molecular weight is 233 g/mol. The lowest BCUT2D eigenvalue weighted by Gasteiger charge is -2.29. The summed E-state index contributed by atoms with van der Waals surface area (Å²) in [5, 5.41) is 0. The predicted octanol–water partition coefficient (Wildman–Crippen LogP) is 1.36. The monoisotopic (exact) mass is 233 g/mol. The summed E-state index contributed by atoms with van der Waals surface area (Å²) in [5.41, 5.74) is 0. The van der Waals surface area contributed by atoms with Crippen LogP contribution in [-0.2, 0) is 10.0 Å². The summed E-state index contributed by atoms with van der Waals surface area (Å²) in [6.45, 7) is 0.834. The van der Waals surface area contributed by atoms with Crippen molar-refractivity contribution in [2.24, 2.45) is 0 Å². The number of halogens is 2.